The van der Waals surface area contributed by atoms with E-state index in [1.54, 1.807) is 6.92 Å². The van der Waals surface area contributed by atoms with Gasteiger partial charge in [-0.3, -0.25) is 4.79 Å². The van der Waals surface area contributed by atoms with Crippen LogP contribution in [0.2, 0.25) is 5.15 Å². The van der Waals surface area contributed by atoms with Gasteiger partial charge in [-0.1, -0.05) is 11.6 Å². The van der Waals surface area contributed by atoms with Crippen molar-refractivity contribution in [2.75, 3.05) is 0 Å². The molecule has 1 aromatic heterocycles. The van der Waals surface area contributed by atoms with Crippen LogP contribution in [-0.2, 0) is 9.53 Å². The Hall–Kier alpha value is -1.62. The van der Waals surface area contributed by atoms with Gasteiger partial charge < -0.3 is 10.1 Å². The molecular weight excluding hydrogens is 256 g/mol. The van der Waals surface area contributed by atoms with E-state index < -0.39 is 12.1 Å². The normalized spacial score (nSPS) is 15.9. The molecule has 1 aliphatic rings. The molecule has 1 amide bonds. The summed E-state index contributed by atoms with van der Waals surface area (Å²) in [5.41, 5.74) is 0.269. The highest BCUT2D eigenvalue weighted by atomic mass is 35.5. The van der Waals surface area contributed by atoms with Crippen molar-refractivity contribution in [3.63, 3.8) is 0 Å². The Morgan fingerprint density at radius 1 is 1.50 bits per heavy atom. The molecule has 1 aromatic rings. The van der Waals surface area contributed by atoms with Gasteiger partial charge in [-0.15, -0.1) is 0 Å². The van der Waals surface area contributed by atoms with Crippen molar-refractivity contribution >= 4 is 23.5 Å². The molecule has 5 nitrogen and oxygen atoms in total. The largest absolute Gasteiger partial charge is 0.449 e. The highest BCUT2D eigenvalue weighted by molar-refractivity contribution is 6.29. The number of nitrogens with one attached hydrogen (secondary N) is 1. The van der Waals surface area contributed by atoms with Gasteiger partial charge in [0.05, 0.1) is 5.56 Å². The third kappa shape index (κ3) is 3.43. The minimum absolute atomic E-state index is 0.246. The number of carbonyl (C=O) groups excluding carboxylic acids is 2. The summed E-state index contributed by atoms with van der Waals surface area (Å²) < 4.78 is 5.03. The SMILES string of the molecule is C[C@H](OC(=O)c1ccc(Cl)nc1)C(=O)NC1CC1. The third-order valence-corrected chi connectivity index (χ3v) is 2.76. The quantitative estimate of drug-likeness (QED) is 0.665. The van der Waals surface area contributed by atoms with Crippen LogP contribution < -0.4 is 5.32 Å². The summed E-state index contributed by atoms with van der Waals surface area (Å²) in [4.78, 5) is 27.1. The average Bonchev–Trinajstić information content (AvgIpc) is 3.13. The van der Waals surface area contributed by atoms with E-state index in [9.17, 15) is 9.59 Å². The zero-order valence-electron chi connectivity index (χ0n) is 9.85. The average molecular weight is 269 g/mol. The van der Waals surface area contributed by atoms with Gasteiger partial charge in [0.2, 0.25) is 0 Å². The molecule has 0 aromatic carbocycles. The van der Waals surface area contributed by atoms with Gasteiger partial charge in [0, 0.05) is 12.2 Å². The number of hydrogen-bond donors (Lipinski definition) is 1. The van der Waals surface area contributed by atoms with Crippen molar-refractivity contribution in [3.8, 4) is 0 Å². The third-order valence-electron chi connectivity index (χ3n) is 2.54. The molecule has 1 saturated carbocycles. The zero-order chi connectivity index (χ0) is 13.1. The van der Waals surface area contributed by atoms with Crippen molar-refractivity contribution in [1.82, 2.24) is 10.3 Å². The number of amides is 1. The monoisotopic (exact) mass is 268 g/mol. The zero-order valence-corrected chi connectivity index (χ0v) is 10.6. The van der Waals surface area contributed by atoms with Gasteiger partial charge in [-0.2, -0.15) is 0 Å². The molecule has 1 N–H and O–H groups in total. The van der Waals surface area contributed by atoms with E-state index in [1.807, 2.05) is 0 Å². The lowest BCUT2D eigenvalue weighted by molar-refractivity contribution is -0.129. The smallest absolute Gasteiger partial charge is 0.340 e. The van der Waals surface area contributed by atoms with E-state index in [0.29, 0.717) is 5.15 Å². The van der Waals surface area contributed by atoms with Crippen LogP contribution in [0.25, 0.3) is 0 Å². The van der Waals surface area contributed by atoms with Crippen molar-refractivity contribution in [2.45, 2.75) is 31.9 Å². The molecular formula is C12H13ClN2O3. The van der Waals surface area contributed by atoms with E-state index in [1.165, 1.54) is 18.3 Å². The Kier molecular flexibility index (Phi) is 3.81. The summed E-state index contributed by atoms with van der Waals surface area (Å²) in [7, 11) is 0. The summed E-state index contributed by atoms with van der Waals surface area (Å²) in [5, 5.41) is 3.06. The number of aromatic nitrogens is 1. The minimum atomic E-state index is -0.811. The van der Waals surface area contributed by atoms with Crippen LogP contribution in [0.5, 0.6) is 0 Å². The highest BCUT2D eigenvalue weighted by Crippen LogP contribution is 2.19. The number of pyridine rings is 1. The van der Waals surface area contributed by atoms with E-state index in [0.717, 1.165) is 12.8 Å². The first-order chi connectivity index (χ1) is 8.56. The number of nitrogens with zero attached hydrogens (tertiary/aromatic N) is 1. The maximum absolute atomic E-state index is 11.7. The molecule has 1 heterocycles. The Balaban J connectivity index is 1.89. The standard InChI is InChI=1S/C12H13ClN2O3/c1-7(11(16)15-9-3-4-9)18-12(17)8-2-5-10(13)14-6-8/h2,5-7,9H,3-4H2,1H3,(H,15,16)/t7-/m0/s1. The van der Waals surface area contributed by atoms with Crippen LogP contribution in [0.3, 0.4) is 0 Å². The van der Waals surface area contributed by atoms with Crippen molar-refractivity contribution in [1.29, 1.82) is 0 Å². The van der Waals surface area contributed by atoms with Gasteiger partial charge in [-0.05, 0) is 31.9 Å². The number of carbonyl (C=O) groups is 2. The van der Waals surface area contributed by atoms with Gasteiger partial charge >= 0.3 is 5.97 Å². The number of esters is 1. The lowest BCUT2D eigenvalue weighted by atomic mass is 10.3. The van der Waals surface area contributed by atoms with E-state index >= 15 is 0 Å². The molecule has 0 aliphatic heterocycles. The summed E-state index contributed by atoms with van der Waals surface area (Å²) in [6.45, 7) is 1.54. The first-order valence-electron chi connectivity index (χ1n) is 5.69. The van der Waals surface area contributed by atoms with Crippen molar-refractivity contribution in [2.24, 2.45) is 0 Å². The molecule has 1 fully saturated rings. The van der Waals surface area contributed by atoms with Crippen LogP contribution in [0.4, 0.5) is 0 Å². The molecule has 0 radical (unpaired) electrons. The molecule has 96 valence electrons. The molecule has 6 heteroatoms. The second kappa shape index (κ2) is 5.35. The number of hydrogen-bond acceptors (Lipinski definition) is 4. The molecule has 0 spiro atoms. The van der Waals surface area contributed by atoms with Crippen molar-refractivity contribution in [3.05, 3.63) is 29.0 Å². The minimum Gasteiger partial charge on any atom is -0.449 e. The van der Waals surface area contributed by atoms with Gasteiger partial charge in [0.15, 0.2) is 6.10 Å². The maximum Gasteiger partial charge on any atom is 0.340 e. The fourth-order valence-corrected chi connectivity index (χ4v) is 1.44. The number of halogens is 1. The second-order valence-corrected chi connectivity index (χ2v) is 4.59. The van der Waals surface area contributed by atoms with Gasteiger partial charge in [0.25, 0.3) is 5.91 Å². The summed E-state index contributed by atoms with van der Waals surface area (Å²) in [6.07, 6.45) is 2.49. The molecule has 2 rings (SSSR count). The lowest BCUT2D eigenvalue weighted by Gasteiger charge is -2.12. The Morgan fingerprint density at radius 3 is 2.78 bits per heavy atom. The van der Waals surface area contributed by atoms with Crippen LogP contribution in [-0.4, -0.2) is 29.0 Å². The van der Waals surface area contributed by atoms with Crippen LogP contribution >= 0.6 is 11.6 Å². The maximum atomic E-state index is 11.7. The Morgan fingerprint density at radius 2 is 2.22 bits per heavy atom. The summed E-state index contributed by atoms with van der Waals surface area (Å²) >= 11 is 5.61. The van der Waals surface area contributed by atoms with Gasteiger partial charge in [-0.25, -0.2) is 9.78 Å². The molecule has 0 unspecified atom stereocenters. The first kappa shape index (κ1) is 12.8. The second-order valence-electron chi connectivity index (χ2n) is 4.20. The van der Waals surface area contributed by atoms with E-state index in [-0.39, 0.29) is 17.5 Å². The van der Waals surface area contributed by atoms with E-state index in [4.69, 9.17) is 16.3 Å². The molecule has 18 heavy (non-hydrogen) atoms. The molecule has 1 atom stereocenters. The Bertz CT molecular complexity index is 457. The lowest BCUT2D eigenvalue weighted by Crippen LogP contribution is -2.37. The van der Waals surface area contributed by atoms with Crippen LogP contribution in [0.1, 0.15) is 30.1 Å². The van der Waals surface area contributed by atoms with Crippen molar-refractivity contribution < 1.29 is 14.3 Å². The highest BCUT2D eigenvalue weighted by Gasteiger charge is 2.27. The van der Waals surface area contributed by atoms with Crippen LogP contribution in [0.15, 0.2) is 18.3 Å². The van der Waals surface area contributed by atoms with Gasteiger partial charge in [0.1, 0.15) is 5.15 Å². The molecule has 0 saturated heterocycles. The summed E-state index contributed by atoms with van der Waals surface area (Å²) in [5.74, 6) is -0.856. The fourth-order valence-electron chi connectivity index (χ4n) is 1.32. The predicted octanol–water partition coefficient (Wildman–Crippen LogP) is 1.56. The topological polar surface area (TPSA) is 68.3 Å². The van der Waals surface area contributed by atoms with E-state index in [2.05, 4.69) is 10.3 Å². The predicted molar refractivity (Wildman–Crippen MR) is 65.3 cm³/mol. The van der Waals surface area contributed by atoms with Crippen LogP contribution in [0, 0.1) is 0 Å². The molecule has 0 bridgehead atoms. The first-order valence-corrected chi connectivity index (χ1v) is 6.07. The molecule has 1 aliphatic carbocycles. The number of ether oxygens (including phenoxy) is 1. The number of rotatable bonds is 4. The fraction of sp³-hybridized carbons (Fsp3) is 0.417. The Labute approximate surface area is 109 Å². The summed E-state index contributed by atoms with van der Waals surface area (Å²) in [6, 6.07) is 3.24.